The molecule has 4 heteroatoms. The first-order chi connectivity index (χ1) is 9.40. The molecule has 0 unspecified atom stereocenters. The van der Waals surface area contributed by atoms with Gasteiger partial charge in [0.2, 0.25) is 0 Å². The first-order valence-electron chi connectivity index (χ1n) is 6.35. The summed E-state index contributed by atoms with van der Waals surface area (Å²) in [5.41, 5.74) is 9.02. The predicted molar refractivity (Wildman–Crippen MR) is 84.4 cm³/mol. The normalized spacial score (nSPS) is 11.1. The number of pyridine rings is 1. The highest BCUT2D eigenvalue weighted by molar-refractivity contribution is 8.00. The van der Waals surface area contributed by atoms with Crippen LogP contribution in [0.15, 0.2) is 41.4 Å². The van der Waals surface area contributed by atoms with Crippen molar-refractivity contribution in [3.05, 3.63) is 42.2 Å². The fraction of sp³-hybridized carbons (Fsp3) is 0.250. The second kappa shape index (κ2) is 5.56. The van der Waals surface area contributed by atoms with Crippen molar-refractivity contribution in [3.63, 3.8) is 0 Å². The summed E-state index contributed by atoms with van der Waals surface area (Å²) in [6, 6.07) is 11.7. The number of anilines is 1. The van der Waals surface area contributed by atoms with Gasteiger partial charge in [0.25, 0.3) is 0 Å². The number of nitrogens with zero attached hydrogens (tertiary/aromatic N) is 2. The number of nitrogen functional groups attached to an aromatic ring is 1. The molecule has 0 aliphatic rings. The van der Waals surface area contributed by atoms with Crippen molar-refractivity contribution in [1.82, 2.24) is 4.98 Å². The third-order valence-corrected chi connectivity index (χ3v) is 3.85. The Morgan fingerprint density at radius 3 is 2.60 bits per heavy atom. The number of benzene rings is 1. The van der Waals surface area contributed by atoms with E-state index in [1.807, 2.05) is 30.3 Å². The summed E-state index contributed by atoms with van der Waals surface area (Å²) in [4.78, 5) is 5.14. The largest absolute Gasteiger partial charge is 0.398 e. The van der Waals surface area contributed by atoms with E-state index in [0.29, 0.717) is 5.69 Å². The molecule has 0 aliphatic heterocycles. The van der Waals surface area contributed by atoms with Crippen LogP contribution in [0.4, 0.5) is 5.69 Å². The first kappa shape index (κ1) is 14.4. The molecule has 3 nitrogen and oxygen atoms in total. The Labute approximate surface area is 123 Å². The van der Waals surface area contributed by atoms with Crippen LogP contribution in [0.1, 0.15) is 26.5 Å². The molecule has 0 saturated carbocycles. The van der Waals surface area contributed by atoms with Gasteiger partial charge in [-0.3, -0.25) is 0 Å². The lowest BCUT2D eigenvalue weighted by molar-refractivity contribution is 0.803. The molecule has 1 aromatic carbocycles. The minimum atomic E-state index is 0.113. The molecule has 102 valence electrons. The number of hydrogen-bond acceptors (Lipinski definition) is 4. The molecular formula is C16H17N3S. The van der Waals surface area contributed by atoms with E-state index < -0.39 is 0 Å². The maximum atomic E-state index is 9.11. The fourth-order valence-electron chi connectivity index (χ4n) is 1.87. The summed E-state index contributed by atoms with van der Waals surface area (Å²) >= 11 is 1.74. The van der Waals surface area contributed by atoms with Gasteiger partial charge in [-0.15, -0.1) is 11.8 Å². The van der Waals surface area contributed by atoms with Crippen LogP contribution in [0, 0.1) is 11.3 Å². The van der Waals surface area contributed by atoms with Gasteiger partial charge in [-0.25, -0.2) is 4.98 Å². The van der Waals surface area contributed by atoms with Crippen LogP contribution in [0.25, 0.3) is 11.1 Å². The van der Waals surface area contributed by atoms with E-state index in [4.69, 9.17) is 11.0 Å². The zero-order chi connectivity index (χ0) is 14.8. The molecule has 0 radical (unpaired) electrons. The number of nitriles is 1. The molecule has 2 rings (SSSR count). The molecule has 0 fully saturated rings. The van der Waals surface area contributed by atoms with Gasteiger partial charge in [0, 0.05) is 27.1 Å². The maximum Gasteiger partial charge on any atom is 0.148 e. The predicted octanol–water partition coefficient (Wildman–Crippen LogP) is 4.09. The molecule has 2 N–H and O–H groups in total. The van der Waals surface area contributed by atoms with E-state index >= 15 is 0 Å². The minimum absolute atomic E-state index is 0.113. The van der Waals surface area contributed by atoms with E-state index in [9.17, 15) is 0 Å². The summed E-state index contributed by atoms with van der Waals surface area (Å²) in [5.74, 6) is 0. The molecule has 0 aliphatic carbocycles. The Bertz CT molecular complexity index is 666. The summed E-state index contributed by atoms with van der Waals surface area (Å²) in [7, 11) is 0. The summed E-state index contributed by atoms with van der Waals surface area (Å²) in [6.45, 7) is 6.46. The van der Waals surface area contributed by atoms with E-state index in [2.05, 4.69) is 31.8 Å². The number of hydrogen-bond donors (Lipinski definition) is 1. The Balaban J connectivity index is 2.42. The second-order valence-corrected chi connectivity index (χ2v) is 7.35. The second-order valence-electron chi connectivity index (χ2n) is 5.48. The van der Waals surface area contributed by atoms with Crippen molar-refractivity contribution < 1.29 is 0 Å². The average Bonchev–Trinajstić information content (AvgIpc) is 2.39. The van der Waals surface area contributed by atoms with Crippen molar-refractivity contribution in [1.29, 1.82) is 5.26 Å². The van der Waals surface area contributed by atoms with Crippen molar-refractivity contribution in [3.8, 4) is 17.2 Å². The van der Waals surface area contributed by atoms with Crippen molar-refractivity contribution in [2.24, 2.45) is 0 Å². The standard InChI is InChI=1S/C16H17N3S/c1-16(2,3)20-15-7-6-11(9-13(15)18)12-5-4-8-19-14(12)10-17/h4-9H,18H2,1-3H3. The minimum Gasteiger partial charge on any atom is -0.398 e. The van der Waals surface area contributed by atoms with Crippen molar-refractivity contribution in [2.45, 2.75) is 30.4 Å². The van der Waals surface area contributed by atoms with Gasteiger partial charge in [-0.05, 0) is 29.8 Å². The van der Waals surface area contributed by atoms with Crippen LogP contribution in [0.5, 0.6) is 0 Å². The number of rotatable bonds is 2. The number of aromatic nitrogens is 1. The lowest BCUT2D eigenvalue weighted by Gasteiger charge is -2.19. The third kappa shape index (κ3) is 3.31. The summed E-state index contributed by atoms with van der Waals surface area (Å²) in [5, 5.41) is 9.11. The average molecular weight is 283 g/mol. The molecule has 2 aromatic rings. The monoisotopic (exact) mass is 283 g/mol. The van der Waals surface area contributed by atoms with Crippen LogP contribution in [-0.4, -0.2) is 9.73 Å². The highest BCUT2D eigenvalue weighted by atomic mass is 32.2. The Hall–Kier alpha value is -1.99. The van der Waals surface area contributed by atoms with E-state index in [-0.39, 0.29) is 4.75 Å². The third-order valence-electron chi connectivity index (χ3n) is 2.65. The Morgan fingerprint density at radius 2 is 2.00 bits per heavy atom. The highest BCUT2D eigenvalue weighted by Gasteiger charge is 2.15. The Morgan fingerprint density at radius 1 is 1.25 bits per heavy atom. The van der Waals surface area contributed by atoms with Gasteiger partial charge in [0.15, 0.2) is 0 Å². The summed E-state index contributed by atoms with van der Waals surface area (Å²) < 4.78 is 0.113. The lowest BCUT2D eigenvalue weighted by atomic mass is 10.0. The molecular weight excluding hydrogens is 266 g/mol. The molecule has 0 amide bonds. The van der Waals surface area contributed by atoms with Crippen LogP contribution < -0.4 is 5.73 Å². The Kier molecular flexibility index (Phi) is 4.01. The topological polar surface area (TPSA) is 62.7 Å². The van der Waals surface area contributed by atoms with Crippen LogP contribution in [0.3, 0.4) is 0 Å². The van der Waals surface area contributed by atoms with Crippen molar-refractivity contribution >= 4 is 17.4 Å². The van der Waals surface area contributed by atoms with Gasteiger partial charge in [0.1, 0.15) is 11.8 Å². The van der Waals surface area contributed by atoms with Gasteiger partial charge < -0.3 is 5.73 Å². The molecule has 0 bridgehead atoms. The molecule has 0 saturated heterocycles. The highest BCUT2D eigenvalue weighted by Crippen LogP contribution is 2.37. The van der Waals surface area contributed by atoms with E-state index in [0.717, 1.165) is 21.7 Å². The van der Waals surface area contributed by atoms with E-state index in [1.165, 1.54) is 0 Å². The van der Waals surface area contributed by atoms with Gasteiger partial charge in [-0.1, -0.05) is 26.8 Å². The smallest absolute Gasteiger partial charge is 0.148 e. The lowest BCUT2D eigenvalue weighted by Crippen LogP contribution is -2.07. The maximum absolute atomic E-state index is 9.11. The molecule has 20 heavy (non-hydrogen) atoms. The van der Waals surface area contributed by atoms with E-state index in [1.54, 1.807) is 18.0 Å². The van der Waals surface area contributed by atoms with Crippen LogP contribution in [0.2, 0.25) is 0 Å². The van der Waals surface area contributed by atoms with Crippen LogP contribution in [-0.2, 0) is 0 Å². The SMILES string of the molecule is CC(C)(C)Sc1ccc(-c2cccnc2C#N)cc1N. The molecule has 1 aromatic heterocycles. The van der Waals surface area contributed by atoms with Gasteiger partial charge >= 0.3 is 0 Å². The molecule has 0 spiro atoms. The zero-order valence-corrected chi connectivity index (χ0v) is 12.7. The fourth-order valence-corrected chi connectivity index (χ4v) is 2.84. The zero-order valence-electron chi connectivity index (χ0n) is 11.8. The summed E-state index contributed by atoms with van der Waals surface area (Å²) in [6.07, 6.45) is 1.62. The number of thioether (sulfide) groups is 1. The van der Waals surface area contributed by atoms with Gasteiger partial charge in [-0.2, -0.15) is 5.26 Å². The van der Waals surface area contributed by atoms with Gasteiger partial charge in [0.05, 0.1) is 0 Å². The molecule has 1 heterocycles. The molecule has 0 atom stereocenters. The first-order valence-corrected chi connectivity index (χ1v) is 7.16. The van der Waals surface area contributed by atoms with Crippen molar-refractivity contribution in [2.75, 3.05) is 5.73 Å². The quantitative estimate of drug-likeness (QED) is 0.666. The number of nitrogens with two attached hydrogens (primary N) is 1. The van der Waals surface area contributed by atoms with Crippen LogP contribution >= 0.6 is 11.8 Å².